The average molecular weight is 405 g/mol. The molecule has 4 aromatic rings. The van der Waals surface area contributed by atoms with Crippen molar-refractivity contribution in [2.75, 3.05) is 12.3 Å². The number of aromatic nitrogens is 6. The van der Waals surface area contributed by atoms with Crippen molar-refractivity contribution in [2.45, 2.75) is 32.9 Å². The second-order valence-electron chi connectivity index (χ2n) is 7.39. The molecular formula is C21H23N7O2. The Hall–Kier alpha value is -3.59. The van der Waals surface area contributed by atoms with Crippen molar-refractivity contribution < 1.29 is 9.84 Å². The maximum absolute atomic E-state index is 10.2. The molecule has 9 heteroatoms. The predicted molar refractivity (Wildman–Crippen MR) is 113 cm³/mol. The predicted octanol–water partition coefficient (Wildman–Crippen LogP) is 2.54. The number of hydrogen-bond acceptors (Lipinski definition) is 8. The summed E-state index contributed by atoms with van der Waals surface area (Å²) in [5.74, 6) is 0.782. The molecule has 9 nitrogen and oxygen atoms in total. The van der Waals surface area contributed by atoms with Crippen LogP contribution in [0.4, 0.5) is 5.95 Å². The molecule has 0 spiro atoms. The summed E-state index contributed by atoms with van der Waals surface area (Å²) in [7, 11) is 0. The van der Waals surface area contributed by atoms with Gasteiger partial charge in [-0.05, 0) is 39.0 Å². The van der Waals surface area contributed by atoms with E-state index < -0.39 is 5.60 Å². The first kappa shape index (κ1) is 19.7. The van der Waals surface area contributed by atoms with Gasteiger partial charge in [0, 0.05) is 5.39 Å². The van der Waals surface area contributed by atoms with Crippen molar-refractivity contribution in [2.24, 2.45) is 0 Å². The van der Waals surface area contributed by atoms with E-state index >= 15 is 0 Å². The number of anilines is 1. The van der Waals surface area contributed by atoms with E-state index in [9.17, 15) is 5.11 Å². The molecule has 4 rings (SSSR count). The van der Waals surface area contributed by atoms with Gasteiger partial charge in [-0.15, -0.1) is 5.10 Å². The molecule has 0 saturated carbocycles. The molecule has 0 aliphatic carbocycles. The lowest BCUT2D eigenvalue weighted by atomic mass is 10.0. The van der Waals surface area contributed by atoms with E-state index in [1.54, 1.807) is 30.8 Å². The molecule has 0 bridgehead atoms. The van der Waals surface area contributed by atoms with Crippen LogP contribution >= 0.6 is 0 Å². The smallest absolute Gasteiger partial charge is 0.221 e. The number of nitrogens with two attached hydrogens (primary N) is 1. The normalized spacial score (nSPS) is 11.7. The molecule has 0 atom stereocenters. The number of fused-ring (bicyclic) bond motifs is 1. The molecule has 154 valence electrons. The molecular weight excluding hydrogens is 382 g/mol. The van der Waals surface area contributed by atoms with Crippen molar-refractivity contribution in [3.8, 4) is 17.1 Å². The lowest BCUT2D eigenvalue weighted by Crippen LogP contribution is -2.18. The van der Waals surface area contributed by atoms with Gasteiger partial charge in [0.2, 0.25) is 5.95 Å². The molecule has 0 aliphatic heterocycles. The van der Waals surface area contributed by atoms with Gasteiger partial charge in [0.15, 0.2) is 0 Å². The standard InChI is InChI=1S/C21H23N7O2/c1-4-30-16-9-6-8-14-18(24-20(22)25-19(14)16)15-12-28(27-26-15)11-13-7-5-10-17(23-13)21(2,3)29/h5-10,12,29H,4,11H2,1-3H3,(H2,22,24,25). The minimum absolute atomic E-state index is 0.138. The van der Waals surface area contributed by atoms with Gasteiger partial charge in [-0.3, -0.25) is 4.98 Å². The Bertz CT molecular complexity index is 1200. The Kier molecular flexibility index (Phi) is 5.04. The summed E-state index contributed by atoms with van der Waals surface area (Å²) in [6, 6.07) is 11.2. The van der Waals surface area contributed by atoms with E-state index in [0.29, 0.717) is 41.5 Å². The number of nitrogen functional groups attached to an aromatic ring is 1. The first-order chi connectivity index (χ1) is 14.3. The van der Waals surface area contributed by atoms with Crippen LogP contribution in [0.2, 0.25) is 0 Å². The molecule has 1 aromatic carbocycles. The number of pyridine rings is 1. The average Bonchev–Trinajstić information content (AvgIpc) is 3.16. The van der Waals surface area contributed by atoms with Crippen LogP contribution < -0.4 is 10.5 Å². The third kappa shape index (κ3) is 3.92. The molecule has 0 fully saturated rings. The lowest BCUT2D eigenvalue weighted by molar-refractivity contribution is 0.0736. The van der Waals surface area contributed by atoms with Crippen LogP contribution in [0, 0.1) is 0 Å². The van der Waals surface area contributed by atoms with E-state index in [-0.39, 0.29) is 5.95 Å². The Balaban J connectivity index is 1.70. The maximum Gasteiger partial charge on any atom is 0.221 e. The molecule has 0 aliphatic rings. The van der Waals surface area contributed by atoms with Crippen LogP contribution in [-0.4, -0.2) is 41.7 Å². The fourth-order valence-corrected chi connectivity index (χ4v) is 3.17. The first-order valence-corrected chi connectivity index (χ1v) is 9.63. The number of aliphatic hydroxyl groups is 1. The number of benzene rings is 1. The summed E-state index contributed by atoms with van der Waals surface area (Å²) < 4.78 is 7.34. The van der Waals surface area contributed by atoms with Gasteiger partial charge >= 0.3 is 0 Å². The van der Waals surface area contributed by atoms with Crippen LogP contribution in [0.5, 0.6) is 5.75 Å². The minimum atomic E-state index is -1.01. The molecule has 0 radical (unpaired) electrons. The van der Waals surface area contributed by atoms with Crippen molar-refractivity contribution >= 4 is 16.9 Å². The largest absolute Gasteiger partial charge is 0.492 e. The second kappa shape index (κ2) is 7.68. The topological polar surface area (TPSA) is 125 Å². The summed E-state index contributed by atoms with van der Waals surface area (Å²) in [5.41, 5.74) is 8.08. The van der Waals surface area contributed by atoms with Gasteiger partial charge in [0.1, 0.15) is 28.3 Å². The molecule has 3 heterocycles. The maximum atomic E-state index is 10.2. The van der Waals surface area contributed by atoms with Gasteiger partial charge in [0.05, 0.1) is 30.7 Å². The Labute approximate surface area is 173 Å². The van der Waals surface area contributed by atoms with Gasteiger partial charge in [-0.2, -0.15) is 0 Å². The summed E-state index contributed by atoms with van der Waals surface area (Å²) >= 11 is 0. The molecule has 0 unspecified atom stereocenters. The number of nitrogens with zero attached hydrogens (tertiary/aromatic N) is 6. The highest BCUT2D eigenvalue weighted by Crippen LogP contribution is 2.31. The van der Waals surface area contributed by atoms with Gasteiger partial charge in [0.25, 0.3) is 0 Å². The molecule has 0 saturated heterocycles. The minimum Gasteiger partial charge on any atom is -0.492 e. The van der Waals surface area contributed by atoms with Crippen LogP contribution in [0.25, 0.3) is 22.3 Å². The van der Waals surface area contributed by atoms with Crippen molar-refractivity contribution in [3.63, 3.8) is 0 Å². The van der Waals surface area contributed by atoms with Gasteiger partial charge in [-0.25, -0.2) is 14.6 Å². The number of ether oxygens (including phenoxy) is 1. The van der Waals surface area contributed by atoms with Crippen molar-refractivity contribution in [1.29, 1.82) is 0 Å². The highest BCUT2D eigenvalue weighted by molar-refractivity contribution is 5.95. The Morgan fingerprint density at radius 2 is 1.90 bits per heavy atom. The number of para-hydroxylation sites is 1. The summed E-state index contributed by atoms with van der Waals surface area (Å²) in [6.45, 7) is 6.24. The number of rotatable bonds is 6. The zero-order valence-electron chi connectivity index (χ0n) is 17.1. The highest BCUT2D eigenvalue weighted by Gasteiger charge is 2.18. The fourth-order valence-electron chi connectivity index (χ4n) is 3.17. The summed E-state index contributed by atoms with van der Waals surface area (Å²) in [6.07, 6.45) is 1.78. The molecule has 3 N–H and O–H groups in total. The van der Waals surface area contributed by atoms with Crippen molar-refractivity contribution in [1.82, 2.24) is 29.9 Å². The molecule has 0 amide bonds. The zero-order chi connectivity index (χ0) is 21.3. The highest BCUT2D eigenvalue weighted by atomic mass is 16.5. The van der Waals surface area contributed by atoms with Gasteiger partial charge < -0.3 is 15.6 Å². The quantitative estimate of drug-likeness (QED) is 0.501. The van der Waals surface area contributed by atoms with E-state index in [2.05, 4.69) is 25.3 Å². The van der Waals surface area contributed by atoms with E-state index in [1.807, 2.05) is 37.3 Å². The molecule has 30 heavy (non-hydrogen) atoms. The van der Waals surface area contributed by atoms with E-state index in [4.69, 9.17) is 10.5 Å². The monoisotopic (exact) mass is 405 g/mol. The summed E-state index contributed by atoms with van der Waals surface area (Å²) in [4.78, 5) is 13.2. The SMILES string of the molecule is CCOc1cccc2c(-c3cn(Cc4cccc(C(C)(C)O)n4)nn3)nc(N)nc12. The first-order valence-electron chi connectivity index (χ1n) is 9.63. The van der Waals surface area contributed by atoms with Crippen LogP contribution in [0.15, 0.2) is 42.6 Å². The second-order valence-corrected chi connectivity index (χ2v) is 7.39. The Morgan fingerprint density at radius 1 is 1.10 bits per heavy atom. The third-order valence-electron chi connectivity index (χ3n) is 4.55. The van der Waals surface area contributed by atoms with Crippen LogP contribution in [-0.2, 0) is 12.1 Å². The van der Waals surface area contributed by atoms with E-state index in [1.165, 1.54) is 0 Å². The van der Waals surface area contributed by atoms with Gasteiger partial charge in [-0.1, -0.05) is 23.4 Å². The number of hydrogen-bond donors (Lipinski definition) is 2. The lowest BCUT2D eigenvalue weighted by Gasteiger charge is -2.17. The molecule has 3 aromatic heterocycles. The third-order valence-corrected chi connectivity index (χ3v) is 4.55. The van der Waals surface area contributed by atoms with Crippen LogP contribution in [0.1, 0.15) is 32.2 Å². The fraction of sp³-hybridized carbons (Fsp3) is 0.286. The summed E-state index contributed by atoms with van der Waals surface area (Å²) in [5, 5.41) is 19.4. The van der Waals surface area contributed by atoms with Crippen molar-refractivity contribution in [3.05, 3.63) is 54.0 Å². The van der Waals surface area contributed by atoms with Crippen LogP contribution in [0.3, 0.4) is 0 Å². The van der Waals surface area contributed by atoms with E-state index in [0.717, 1.165) is 11.1 Å². The Morgan fingerprint density at radius 3 is 2.67 bits per heavy atom. The zero-order valence-corrected chi connectivity index (χ0v) is 17.1.